The molecule has 2 unspecified atom stereocenters. The minimum atomic E-state index is -1.32. The van der Waals surface area contributed by atoms with Gasteiger partial charge in [0, 0.05) is 21.7 Å². The molecule has 2 aromatic rings. The highest BCUT2D eigenvalue weighted by Crippen LogP contribution is 2.23. The quantitative estimate of drug-likeness (QED) is 0.913. The van der Waals surface area contributed by atoms with Gasteiger partial charge in [0.2, 0.25) is 5.91 Å². The monoisotopic (exact) mass is 332 g/mol. The third-order valence-corrected chi connectivity index (χ3v) is 5.57. The van der Waals surface area contributed by atoms with Gasteiger partial charge < -0.3 is 9.84 Å². The van der Waals surface area contributed by atoms with Crippen molar-refractivity contribution in [3.05, 3.63) is 33.2 Å². The topological polar surface area (TPSA) is 72.2 Å². The molecule has 0 saturated carbocycles. The van der Waals surface area contributed by atoms with Crippen LogP contribution in [0.5, 0.6) is 0 Å². The van der Waals surface area contributed by atoms with Crippen LogP contribution >= 0.6 is 22.9 Å². The maximum absolute atomic E-state index is 12.1. The molecule has 0 spiro atoms. The van der Waals surface area contributed by atoms with Crippen LogP contribution in [0.4, 0.5) is 5.82 Å². The Morgan fingerprint density at radius 3 is 2.90 bits per heavy atom. The molecule has 5 nitrogen and oxygen atoms in total. The van der Waals surface area contributed by atoms with Crippen LogP contribution in [0.2, 0.25) is 4.34 Å². The number of rotatable bonds is 5. The summed E-state index contributed by atoms with van der Waals surface area (Å²) in [6.07, 6.45) is 0. The van der Waals surface area contributed by atoms with E-state index in [9.17, 15) is 9.00 Å². The number of aromatic nitrogens is 1. The van der Waals surface area contributed by atoms with Gasteiger partial charge in [-0.15, -0.1) is 11.3 Å². The molecule has 0 saturated heterocycles. The first-order valence-corrected chi connectivity index (χ1v) is 8.39. The lowest BCUT2D eigenvalue weighted by Gasteiger charge is -2.09. The third kappa shape index (κ3) is 3.91. The molecule has 0 aliphatic rings. The van der Waals surface area contributed by atoms with Crippen LogP contribution in [0.25, 0.3) is 0 Å². The van der Waals surface area contributed by atoms with Crippen molar-refractivity contribution in [3.63, 3.8) is 0 Å². The van der Waals surface area contributed by atoms with E-state index < -0.39 is 16.0 Å². The Balaban J connectivity index is 1.94. The van der Waals surface area contributed by atoms with E-state index >= 15 is 0 Å². The molecule has 2 aromatic heterocycles. The van der Waals surface area contributed by atoms with Crippen LogP contribution in [0.1, 0.15) is 17.6 Å². The van der Waals surface area contributed by atoms with Crippen molar-refractivity contribution in [2.45, 2.75) is 24.9 Å². The maximum Gasteiger partial charge on any atom is 0.241 e. The molecule has 8 heteroatoms. The predicted molar refractivity (Wildman–Crippen MR) is 80.5 cm³/mol. The minimum absolute atomic E-state index is 0.309. The van der Waals surface area contributed by atoms with Crippen molar-refractivity contribution in [3.8, 4) is 0 Å². The summed E-state index contributed by atoms with van der Waals surface area (Å²) in [5.74, 6) is 0.890. The number of aryl methyl sites for hydroxylation is 1. The van der Waals surface area contributed by atoms with Crippen LogP contribution < -0.4 is 5.32 Å². The predicted octanol–water partition coefficient (Wildman–Crippen LogP) is 2.97. The summed E-state index contributed by atoms with van der Waals surface area (Å²) >= 11 is 7.18. The zero-order chi connectivity index (χ0) is 14.7. The Kier molecular flexibility index (Phi) is 4.95. The van der Waals surface area contributed by atoms with Crippen molar-refractivity contribution in [1.29, 1.82) is 0 Å². The van der Waals surface area contributed by atoms with Gasteiger partial charge in [-0.05, 0) is 26.0 Å². The molecule has 0 aromatic carbocycles. The second-order valence-corrected chi connectivity index (χ2v) is 7.74. The second kappa shape index (κ2) is 6.51. The lowest BCUT2D eigenvalue weighted by molar-refractivity contribution is -0.115. The Morgan fingerprint density at radius 1 is 1.60 bits per heavy atom. The Hall–Kier alpha value is -1.18. The number of thiophene rings is 1. The molecule has 108 valence electrons. The molecule has 1 N–H and O–H groups in total. The number of nitrogens with one attached hydrogen (secondary N) is 1. The zero-order valence-corrected chi connectivity index (χ0v) is 13.3. The highest BCUT2D eigenvalue weighted by Gasteiger charge is 2.21. The van der Waals surface area contributed by atoms with Crippen LogP contribution in [0.15, 0.2) is 22.7 Å². The highest BCUT2D eigenvalue weighted by molar-refractivity contribution is 7.85. The summed E-state index contributed by atoms with van der Waals surface area (Å²) in [7, 11) is -1.32. The fourth-order valence-electron chi connectivity index (χ4n) is 1.47. The Bertz CT molecular complexity index is 584. The second-order valence-electron chi connectivity index (χ2n) is 4.19. The van der Waals surface area contributed by atoms with Crippen molar-refractivity contribution >= 4 is 45.5 Å². The third-order valence-electron chi connectivity index (χ3n) is 2.56. The van der Waals surface area contributed by atoms with E-state index in [1.165, 1.54) is 11.3 Å². The summed E-state index contributed by atoms with van der Waals surface area (Å²) < 4.78 is 17.6. The molecular formula is C12H13ClN2O3S2. The number of carbonyl (C=O) groups excluding carboxylic acids is 1. The van der Waals surface area contributed by atoms with E-state index in [4.69, 9.17) is 16.1 Å². The van der Waals surface area contributed by atoms with Crippen LogP contribution in [-0.4, -0.2) is 20.5 Å². The lowest BCUT2D eigenvalue weighted by Crippen LogP contribution is -2.29. The molecule has 0 fully saturated rings. The molecule has 0 bridgehead atoms. The standard InChI is InChI=1S/C12H13ClN2O3S2/c1-7-5-11(15-18-7)14-12(16)8(2)20(17)6-9-3-4-10(13)19-9/h3-5,8H,6H2,1-2H3,(H,14,15,16). The zero-order valence-electron chi connectivity index (χ0n) is 10.9. The van der Waals surface area contributed by atoms with Crippen LogP contribution in [0, 0.1) is 6.92 Å². The number of hydrogen-bond acceptors (Lipinski definition) is 5. The average Bonchev–Trinajstić information content (AvgIpc) is 2.97. The SMILES string of the molecule is Cc1cc(NC(=O)C(C)S(=O)Cc2ccc(Cl)s2)no1. The molecule has 1 amide bonds. The number of amides is 1. The van der Waals surface area contributed by atoms with E-state index in [-0.39, 0.29) is 5.91 Å². The van der Waals surface area contributed by atoms with E-state index in [0.717, 1.165) is 4.88 Å². The van der Waals surface area contributed by atoms with Gasteiger partial charge in [-0.1, -0.05) is 16.8 Å². The number of halogens is 1. The van der Waals surface area contributed by atoms with Gasteiger partial charge in [-0.3, -0.25) is 9.00 Å². The molecular weight excluding hydrogens is 320 g/mol. The molecule has 0 aliphatic heterocycles. The normalized spacial score (nSPS) is 13.9. The summed E-state index contributed by atoms with van der Waals surface area (Å²) in [5.41, 5.74) is 0. The van der Waals surface area contributed by atoms with Crippen molar-refractivity contribution in [2.75, 3.05) is 5.32 Å². The van der Waals surface area contributed by atoms with Gasteiger partial charge in [-0.25, -0.2) is 0 Å². The molecule has 2 atom stereocenters. The van der Waals surface area contributed by atoms with E-state index in [1.54, 1.807) is 26.0 Å². The minimum Gasteiger partial charge on any atom is -0.360 e. The first-order valence-electron chi connectivity index (χ1n) is 5.81. The van der Waals surface area contributed by atoms with Crippen molar-refractivity contribution < 1.29 is 13.5 Å². The number of nitrogens with zero attached hydrogens (tertiary/aromatic N) is 1. The number of anilines is 1. The summed E-state index contributed by atoms with van der Waals surface area (Å²) in [5, 5.41) is 5.59. The fraction of sp³-hybridized carbons (Fsp3) is 0.333. The first-order chi connectivity index (χ1) is 9.45. The smallest absolute Gasteiger partial charge is 0.241 e. The molecule has 2 rings (SSSR count). The maximum atomic E-state index is 12.1. The average molecular weight is 333 g/mol. The van der Waals surface area contributed by atoms with E-state index in [1.807, 2.05) is 6.07 Å². The molecule has 20 heavy (non-hydrogen) atoms. The van der Waals surface area contributed by atoms with Gasteiger partial charge >= 0.3 is 0 Å². The van der Waals surface area contributed by atoms with Crippen molar-refractivity contribution in [2.24, 2.45) is 0 Å². The summed E-state index contributed by atoms with van der Waals surface area (Å²) in [6, 6.07) is 5.17. The molecule has 0 radical (unpaired) electrons. The summed E-state index contributed by atoms with van der Waals surface area (Å²) in [4.78, 5) is 12.8. The number of hydrogen-bond donors (Lipinski definition) is 1. The van der Waals surface area contributed by atoms with Crippen molar-refractivity contribution in [1.82, 2.24) is 5.16 Å². The van der Waals surface area contributed by atoms with Crippen LogP contribution in [-0.2, 0) is 21.3 Å². The van der Waals surface area contributed by atoms with E-state index in [2.05, 4.69) is 10.5 Å². The molecule has 0 aliphatic carbocycles. The largest absolute Gasteiger partial charge is 0.360 e. The highest BCUT2D eigenvalue weighted by atomic mass is 35.5. The fourth-order valence-corrected chi connectivity index (χ4v) is 3.86. The van der Waals surface area contributed by atoms with Crippen LogP contribution in [0.3, 0.4) is 0 Å². The summed E-state index contributed by atoms with van der Waals surface area (Å²) in [6.45, 7) is 3.35. The van der Waals surface area contributed by atoms with Gasteiger partial charge in [0.05, 0.1) is 10.1 Å². The molecule has 2 heterocycles. The lowest BCUT2D eigenvalue weighted by atomic mass is 10.4. The van der Waals surface area contributed by atoms with Gasteiger partial charge in [0.15, 0.2) is 5.82 Å². The van der Waals surface area contributed by atoms with Gasteiger partial charge in [0.1, 0.15) is 11.0 Å². The van der Waals surface area contributed by atoms with Gasteiger partial charge in [0.25, 0.3) is 0 Å². The number of carbonyl (C=O) groups is 1. The van der Waals surface area contributed by atoms with Gasteiger partial charge in [-0.2, -0.15) is 0 Å². The Labute approximate surface area is 127 Å². The first kappa shape index (κ1) is 15.2. The Morgan fingerprint density at radius 2 is 2.35 bits per heavy atom. The van der Waals surface area contributed by atoms with E-state index in [0.29, 0.717) is 21.7 Å².